The molecule has 1 N–H and O–H groups in total. The van der Waals surface area contributed by atoms with Crippen LogP contribution < -0.4 is 0 Å². The van der Waals surface area contributed by atoms with E-state index < -0.39 is 28.6 Å². The second-order valence-electron chi connectivity index (χ2n) is 6.41. The van der Waals surface area contributed by atoms with Gasteiger partial charge >= 0.3 is 0 Å². The van der Waals surface area contributed by atoms with E-state index in [9.17, 15) is 15.8 Å². The van der Waals surface area contributed by atoms with E-state index >= 15 is 0 Å². The standard InChI is InChI=1S/C18H15ClN4O2/c1-3-13-16(2)24-14(11-4-6-12(19)7-5-11)17(8-20,9-21)18(13,10-22)15(23)25-16/h4-7,13-14,23H,3H2,1-2H3. The van der Waals surface area contributed by atoms with Gasteiger partial charge in [-0.3, -0.25) is 5.41 Å². The van der Waals surface area contributed by atoms with Gasteiger partial charge in [0.25, 0.3) is 0 Å². The average molecular weight is 355 g/mol. The monoisotopic (exact) mass is 354 g/mol. The van der Waals surface area contributed by atoms with Crippen LogP contribution >= 0.6 is 11.6 Å². The number of rotatable bonds is 2. The molecule has 0 aliphatic carbocycles. The minimum Gasteiger partial charge on any atom is -0.448 e. The number of fused-ring (bicyclic) bond motifs is 2. The molecular formula is C18H15ClN4O2. The first-order valence-electron chi connectivity index (χ1n) is 7.80. The topological polar surface area (TPSA) is 114 Å². The third kappa shape index (κ3) is 1.89. The number of ether oxygens (including phenoxy) is 2. The van der Waals surface area contributed by atoms with E-state index in [4.69, 9.17) is 26.5 Å². The molecule has 2 heterocycles. The van der Waals surface area contributed by atoms with E-state index in [0.29, 0.717) is 17.0 Å². The molecule has 126 valence electrons. The Morgan fingerprint density at radius 1 is 1.16 bits per heavy atom. The number of benzene rings is 1. The second-order valence-corrected chi connectivity index (χ2v) is 6.85. The van der Waals surface area contributed by atoms with Crippen molar-refractivity contribution in [3.8, 4) is 18.2 Å². The van der Waals surface area contributed by atoms with Crippen LogP contribution in [0.25, 0.3) is 0 Å². The number of nitrogens with one attached hydrogen (secondary N) is 1. The second kappa shape index (κ2) is 5.46. The van der Waals surface area contributed by atoms with Crippen molar-refractivity contribution in [2.45, 2.75) is 32.2 Å². The van der Waals surface area contributed by atoms with Gasteiger partial charge in [-0.1, -0.05) is 30.7 Å². The molecule has 0 spiro atoms. The molecule has 0 radical (unpaired) electrons. The summed E-state index contributed by atoms with van der Waals surface area (Å²) in [5.74, 6) is -2.26. The van der Waals surface area contributed by atoms with E-state index in [1.54, 1.807) is 31.2 Å². The maximum Gasteiger partial charge on any atom is 0.214 e. The number of nitriles is 3. The predicted molar refractivity (Wildman–Crippen MR) is 88.0 cm³/mol. The van der Waals surface area contributed by atoms with Gasteiger partial charge in [-0.2, -0.15) is 15.8 Å². The Bertz CT molecular complexity index is 849. The highest BCUT2D eigenvalue weighted by atomic mass is 35.5. The zero-order chi connectivity index (χ0) is 18.5. The van der Waals surface area contributed by atoms with Crippen LogP contribution in [0.1, 0.15) is 31.9 Å². The van der Waals surface area contributed by atoms with E-state index in [0.717, 1.165) is 0 Å². The lowest BCUT2D eigenvalue weighted by atomic mass is 9.53. The maximum absolute atomic E-state index is 10.0. The Labute approximate surface area is 150 Å². The molecule has 1 aromatic carbocycles. The summed E-state index contributed by atoms with van der Waals surface area (Å²) in [4.78, 5) is 0. The summed E-state index contributed by atoms with van der Waals surface area (Å²) in [5.41, 5.74) is -3.09. The van der Waals surface area contributed by atoms with Crippen molar-refractivity contribution in [2.24, 2.45) is 16.7 Å². The molecule has 2 aliphatic rings. The molecule has 25 heavy (non-hydrogen) atoms. The Morgan fingerprint density at radius 3 is 2.24 bits per heavy atom. The lowest BCUT2D eigenvalue weighted by Gasteiger charge is -2.48. The largest absolute Gasteiger partial charge is 0.448 e. The van der Waals surface area contributed by atoms with Crippen LogP contribution in [0.3, 0.4) is 0 Å². The molecule has 7 heteroatoms. The zero-order valence-electron chi connectivity index (χ0n) is 13.7. The third-order valence-electron chi connectivity index (χ3n) is 5.30. The van der Waals surface area contributed by atoms with Crippen LogP contribution in [-0.4, -0.2) is 11.7 Å². The van der Waals surface area contributed by atoms with Gasteiger partial charge in [0.15, 0.2) is 5.41 Å². The molecule has 4 unspecified atom stereocenters. The molecule has 4 atom stereocenters. The molecule has 2 bridgehead atoms. The minimum atomic E-state index is -1.91. The SMILES string of the molecule is CCC1C2(C)OC(=N)C1(C#N)C(C#N)(C#N)C(c1ccc(Cl)cc1)O2. The van der Waals surface area contributed by atoms with Gasteiger partial charge in [0, 0.05) is 11.9 Å². The van der Waals surface area contributed by atoms with Gasteiger partial charge in [-0.15, -0.1) is 0 Å². The molecular weight excluding hydrogens is 340 g/mol. The first kappa shape index (κ1) is 17.2. The van der Waals surface area contributed by atoms with Crippen molar-refractivity contribution in [1.29, 1.82) is 21.2 Å². The van der Waals surface area contributed by atoms with Crippen molar-refractivity contribution in [3.05, 3.63) is 34.9 Å². The fourth-order valence-electron chi connectivity index (χ4n) is 4.16. The molecule has 3 rings (SSSR count). The fourth-order valence-corrected chi connectivity index (χ4v) is 4.29. The van der Waals surface area contributed by atoms with Crippen molar-refractivity contribution in [1.82, 2.24) is 0 Å². The van der Waals surface area contributed by atoms with Crippen molar-refractivity contribution in [2.75, 3.05) is 0 Å². The highest BCUT2D eigenvalue weighted by Gasteiger charge is 2.78. The minimum absolute atomic E-state index is 0.385. The number of hydrogen-bond donors (Lipinski definition) is 1. The van der Waals surface area contributed by atoms with Crippen LogP contribution in [-0.2, 0) is 9.47 Å². The summed E-state index contributed by atoms with van der Waals surface area (Å²) in [7, 11) is 0. The van der Waals surface area contributed by atoms with E-state index in [-0.39, 0.29) is 5.90 Å². The first-order chi connectivity index (χ1) is 11.8. The van der Waals surface area contributed by atoms with E-state index in [1.807, 2.05) is 19.1 Å². The number of hydrogen-bond acceptors (Lipinski definition) is 6. The van der Waals surface area contributed by atoms with Crippen LogP contribution in [0.2, 0.25) is 5.02 Å². The van der Waals surface area contributed by atoms with Crippen LogP contribution in [0.15, 0.2) is 24.3 Å². The average Bonchev–Trinajstić information content (AvgIpc) is 2.78. The quantitative estimate of drug-likeness (QED) is 0.869. The highest BCUT2D eigenvalue weighted by Crippen LogP contribution is 2.67. The summed E-state index contributed by atoms with van der Waals surface area (Å²) >= 11 is 5.93. The van der Waals surface area contributed by atoms with Gasteiger partial charge in [0.2, 0.25) is 17.1 Å². The fraction of sp³-hybridized carbons (Fsp3) is 0.444. The van der Waals surface area contributed by atoms with Gasteiger partial charge in [-0.25, -0.2) is 0 Å². The lowest BCUT2D eigenvalue weighted by Crippen LogP contribution is -2.58. The lowest BCUT2D eigenvalue weighted by molar-refractivity contribution is -0.273. The Balaban J connectivity index is 2.32. The Morgan fingerprint density at radius 2 is 1.76 bits per heavy atom. The predicted octanol–water partition coefficient (Wildman–Crippen LogP) is 3.70. The molecule has 0 aromatic heterocycles. The number of nitrogens with zero attached hydrogens (tertiary/aromatic N) is 3. The molecule has 2 saturated heterocycles. The summed E-state index contributed by atoms with van der Waals surface area (Å²) in [5, 5.41) is 38.7. The first-order valence-corrected chi connectivity index (χ1v) is 8.18. The van der Waals surface area contributed by atoms with Crippen LogP contribution in [0.5, 0.6) is 0 Å². The maximum atomic E-state index is 10.0. The van der Waals surface area contributed by atoms with E-state index in [2.05, 4.69) is 6.07 Å². The number of halogens is 1. The Hall–Kier alpha value is -2.59. The zero-order valence-corrected chi connectivity index (χ0v) is 14.5. The third-order valence-corrected chi connectivity index (χ3v) is 5.55. The van der Waals surface area contributed by atoms with Gasteiger partial charge in [0.1, 0.15) is 6.10 Å². The van der Waals surface area contributed by atoms with Crippen LogP contribution in [0.4, 0.5) is 0 Å². The van der Waals surface area contributed by atoms with Gasteiger partial charge in [-0.05, 0) is 24.1 Å². The molecule has 0 saturated carbocycles. The molecule has 1 aromatic rings. The van der Waals surface area contributed by atoms with Crippen molar-refractivity contribution in [3.63, 3.8) is 0 Å². The highest BCUT2D eigenvalue weighted by molar-refractivity contribution is 6.30. The van der Waals surface area contributed by atoms with Gasteiger partial charge < -0.3 is 9.47 Å². The summed E-state index contributed by atoms with van der Waals surface area (Å²) in [6, 6.07) is 12.6. The molecule has 2 aliphatic heterocycles. The summed E-state index contributed by atoms with van der Waals surface area (Å²) < 4.78 is 11.7. The molecule has 0 amide bonds. The van der Waals surface area contributed by atoms with Crippen molar-refractivity contribution < 1.29 is 9.47 Å². The van der Waals surface area contributed by atoms with Gasteiger partial charge in [0.05, 0.1) is 24.1 Å². The van der Waals surface area contributed by atoms with Crippen LogP contribution in [0, 0.1) is 56.2 Å². The molecule has 6 nitrogen and oxygen atoms in total. The molecule has 2 fully saturated rings. The van der Waals surface area contributed by atoms with Crippen molar-refractivity contribution >= 4 is 17.5 Å². The Kier molecular flexibility index (Phi) is 3.77. The summed E-state index contributed by atoms with van der Waals surface area (Å²) in [6.45, 7) is 3.47. The summed E-state index contributed by atoms with van der Waals surface area (Å²) in [6.07, 6.45) is -0.625. The smallest absolute Gasteiger partial charge is 0.214 e. The normalized spacial score (nSPS) is 35.1. The van der Waals surface area contributed by atoms with E-state index in [1.165, 1.54) is 0 Å².